The number of hydrogen-bond donors (Lipinski definition) is 0. The highest BCUT2D eigenvalue weighted by Crippen LogP contribution is 2.17. The van der Waals surface area contributed by atoms with Crippen molar-refractivity contribution in [3.63, 3.8) is 0 Å². The molecule has 0 radical (unpaired) electrons. The summed E-state index contributed by atoms with van der Waals surface area (Å²) in [5.74, 6) is -0.478. The van der Waals surface area contributed by atoms with Crippen molar-refractivity contribution in [2.45, 2.75) is 19.0 Å². The fourth-order valence-corrected chi connectivity index (χ4v) is 3.19. The van der Waals surface area contributed by atoms with Crippen molar-refractivity contribution in [2.24, 2.45) is 0 Å². The molecule has 144 valence electrons. The zero-order valence-electron chi connectivity index (χ0n) is 14.7. The Balaban J connectivity index is 1.65. The van der Waals surface area contributed by atoms with E-state index in [0.29, 0.717) is 30.9 Å². The van der Waals surface area contributed by atoms with Crippen LogP contribution in [0.3, 0.4) is 0 Å². The fourth-order valence-electron chi connectivity index (χ4n) is 3.19. The van der Waals surface area contributed by atoms with Gasteiger partial charge in [0.15, 0.2) is 5.69 Å². The topological polar surface area (TPSA) is 70.9 Å². The molecule has 26 heavy (non-hydrogen) atoms. The van der Waals surface area contributed by atoms with E-state index in [1.165, 1.54) is 11.0 Å². The van der Waals surface area contributed by atoms with Crippen LogP contribution in [0.4, 0.5) is 8.78 Å². The summed E-state index contributed by atoms with van der Waals surface area (Å²) in [5, 5.41) is 3.63. The van der Waals surface area contributed by atoms with Crippen LogP contribution in [0.15, 0.2) is 12.3 Å². The van der Waals surface area contributed by atoms with E-state index in [0.717, 1.165) is 19.3 Å². The molecule has 2 aliphatic heterocycles. The van der Waals surface area contributed by atoms with Crippen molar-refractivity contribution in [1.29, 1.82) is 0 Å². The second-order valence-electron chi connectivity index (χ2n) is 6.57. The molecule has 0 N–H and O–H groups in total. The van der Waals surface area contributed by atoms with Crippen molar-refractivity contribution >= 4 is 11.8 Å². The molecule has 0 aromatic carbocycles. The number of aromatic nitrogens is 2. The summed E-state index contributed by atoms with van der Waals surface area (Å²) < 4.78 is 31.2. The van der Waals surface area contributed by atoms with Crippen LogP contribution in [-0.4, -0.2) is 95.3 Å². The Morgan fingerprint density at radius 1 is 1.27 bits per heavy atom. The van der Waals surface area contributed by atoms with Crippen molar-refractivity contribution < 1.29 is 23.1 Å². The normalized spacial score (nSPS) is 22.1. The van der Waals surface area contributed by atoms with Gasteiger partial charge < -0.3 is 19.4 Å². The lowest BCUT2D eigenvalue weighted by molar-refractivity contribution is -0.135. The third-order valence-electron chi connectivity index (χ3n) is 4.78. The summed E-state index contributed by atoms with van der Waals surface area (Å²) in [5.41, 5.74) is -0.0516. The van der Waals surface area contributed by atoms with Gasteiger partial charge in [0.25, 0.3) is 5.91 Å². The minimum absolute atomic E-state index is 0.0236. The lowest BCUT2D eigenvalue weighted by Gasteiger charge is -2.37. The number of halogens is 2. The molecule has 2 fully saturated rings. The number of hydrogen-bond acceptors (Lipinski definition) is 5. The van der Waals surface area contributed by atoms with Gasteiger partial charge >= 0.3 is 6.55 Å². The molecule has 2 amide bonds. The molecule has 2 aliphatic rings. The fraction of sp³-hybridized carbons (Fsp3) is 0.688. The van der Waals surface area contributed by atoms with Crippen LogP contribution in [-0.2, 0) is 9.53 Å². The first-order valence-corrected chi connectivity index (χ1v) is 8.64. The Labute approximate surface area is 150 Å². The summed E-state index contributed by atoms with van der Waals surface area (Å²) in [6.45, 7) is 1.07. The lowest BCUT2D eigenvalue weighted by Crippen LogP contribution is -2.53. The second-order valence-corrected chi connectivity index (χ2v) is 6.57. The van der Waals surface area contributed by atoms with Crippen molar-refractivity contribution in [2.75, 3.05) is 53.0 Å². The molecule has 3 rings (SSSR count). The quantitative estimate of drug-likeness (QED) is 0.761. The van der Waals surface area contributed by atoms with Gasteiger partial charge in [0.2, 0.25) is 5.91 Å². The zero-order chi connectivity index (χ0) is 18.7. The number of alkyl halides is 2. The maximum absolute atomic E-state index is 12.7. The number of carbonyl (C=O) groups excluding carboxylic acids is 2. The molecular formula is C16H23F2N5O3. The van der Waals surface area contributed by atoms with Gasteiger partial charge in [-0.2, -0.15) is 13.9 Å². The van der Waals surface area contributed by atoms with Gasteiger partial charge in [0.05, 0.1) is 19.3 Å². The molecule has 0 saturated carbocycles. The molecule has 0 spiro atoms. The highest BCUT2D eigenvalue weighted by atomic mass is 19.3. The average Bonchev–Trinajstić information content (AvgIpc) is 3.12. The third-order valence-corrected chi connectivity index (χ3v) is 4.78. The third kappa shape index (κ3) is 4.18. The van der Waals surface area contributed by atoms with Crippen LogP contribution >= 0.6 is 0 Å². The first kappa shape index (κ1) is 18.7. The van der Waals surface area contributed by atoms with Crippen LogP contribution in [0.2, 0.25) is 0 Å². The number of nitrogens with zero attached hydrogens (tertiary/aromatic N) is 5. The molecule has 1 aromatic rings. The summed E-state index contributed by atoms with van der Waals surface area (Å²) in [6.07, 6.45) is 1.23. The van der Waals surface area contributed by atoms with E-state index in [4.69, 9.17) is 4.74 Å². The molecule has 1 unspecified atom stereocenters. The smallest absolute Gasteiger partial charge is 0.333 e. The minimum Gasteiger partial charge on any atom is -0.377 e. The molecule has 0 aliphatic carbocycles. The van der Waals surface area contributed by atoms with Gasteiger partial charge in [-0.1, -0.05) is 0 Å². The molecule has 2 saturated heterocycles. The summed E-state index contributed by atoms with van der Waals surface area (Å²) in [7, 11) is 2.01. The molecule has 0 bridgehead atoms. The van der Waals surface area contributed by atoms with Crippen LogP contribution < -0.4 is 0 Å². The van der Waals surface area contributed by atoms with Gasteiger partial charge in [0, 0.05) is 45.3 Å². The van der Waals surface area contributed by atoms with E-state index in [1.54, 1.807) is 4.90 Å². The number of morpholine rings is 1. The molecule has 8 nitrogen and oxygen atoms in total. The monoisotopic (exact) mass is 371 g/mol. The molecule has 3 heterocycles. The van der Waals surface area contributed by atoms with Gasteiger partial charge in [-0.25, -0.2) is 4.68 Å². The van der Waals surface area contributed by atoms with E-state index in [-0.39, 0.29) is 24.6 Å². The first-order valence-electron chi connectivity index (χ1n) is 8.64. The second kappa shape index (κ2) is 8.09. The minimum atomic E-state index is -2.80. The average molecular weight is 371 g/mol. The maximum Gasteiger partial charge on any atom is 0.333 e. The van der Waals surface area contributed by atoms with Gasteiger partial charge in [-0.05, 0) is 13.1 Å². The highest BCUT2D eigenvalue weighted by molar-refractivity contribution is 5.93. The van der Waals surface area contributed by atoms with Crippen molar-refractivity contribution in [3.8, 4) is 0 Å². The lowest BCUT2D eigenvalue weighted by atomic mass is 10.1. The van der Waals surface area contributed by atoms with Crippen LogP contribution in [0, 0.1) is 0 Å². The number of carbonyl (C=O) groups is 2. The first-order chi connectivity index (χ1) is 12.5. The van der Waals surface area contributed by atoms with Crippen LogP contribution in [0.5, 0.6) is 0 Å². The predicted molar refractivity (Wildman–Crippen MR) is 87.8 cm³/mol. The van der Waals surface area contributed by atoms with E-state index in [9.17, 15) is 18.4 Å². The molecule has 1 atom stereocenters. The number of amides is 2. The van der Waals surface area contributed by atoms with E-state index in [1.807, 2.05) is 7.05 Å². The summed E-state index contributed by atoms with van der Waals surface area (Å²) >= 11 is 0. The number of rotatable bonds is 4. The van der Waals surface area contributed by atoms with Crippen molar-refractivity contribution in [1.82, 2.24) is 24.5 Å². The number of piperazine rings is 1. The van der Waals surface area contributed by atoms with Crippen LogP contribution in [0.1, 0.15) is 23.5 Å². The summed E-state index contributed by atoms with van der Waals surface area (Å²) in [6, 6.07) is 0.851. The predicted octanol–water partition coefficient (Wildman–Crippen LogP) is 0.283. The Kier molecular flexibility index (Phi) is 5.82. The van der Waals surface area contributed by atoms with Gasteiger partial charge in [0.1, 0.15) is 0 Å². The number of likely N-dealkylation sites (N-methyl/N-ethyl adjacent to an activating group) is 1. The number of ether oxygens (including phenoxy) is 1. The van der Waals surface area contributed by atoms with E-state index in [2.05, 4.69) is 10.00 Å². The molecular weight excluding hydrogens is 348 g/mol. The maximum atomic E-state index is 12.7. The van der Waals surface area contributed by atoms with E-state index < -0.39 is 18.5 Å². The highest BCUT2D eigenvalue weighted by Gasteiger charge is 2.32. The van der Waals surface area contributed by atoms with Crippen LogP contribution in [0.25, 0.3) is 0 Å². The standard InChI is InChI=1S/C16H23F2N5O3/c1-20-4-6-21(7-5-20)14(24)10-12-11-26-9-8-22(12)15(25)13-2-3-23(19-13)16(17)18/h2-3,12,16H,4-11H2,1H3. The Bertz CT molecular complexity index is 646. The Morgan fingerprint density at radius 2 is 2.00 bits per heavy atom. The largest absolute Gasteiger partial charge is 0.377 e. The molecule has 1 aromatic heterocycles. The van der Waals surface area contributed by atoms with Gasteiger partial charge in [-0.15, -0.1) is 0 Å². The Morgan fingerprint density at radius 3 is 2.65 bits per heavy atom. The van der Waals surface area contributed by atoms with Crippen molar-refractivity contribution in [3.05, 3.63) is 18.0 Å². The van der Waals surface area contributed by atoms with E-state index >= 15 is 0 Å². The Hall–Kier alpha value is -2.07. The molecule has 10 heteroatoms. The zero-order valence-corrected chi connectivity index (χ0v) is 14.7. The van der Waals surface area contributed by atoms with Gasteiger partial charge in [-0.3, -0.25) is 9.59 Å². The SMILES string of the molecule is CN1CCN(C(=O)CC2COCCN2C(=O)c2ccn(C(F)F)n2)CC1. The summed E-state index contributed by atoms with van der Waals surface area (Å²) in [4.78, 5) is 30.7.